The zero-order chi connectivity index (χ0) is 20.7. The van der Waals surface area contributed by atoms with Crippen molar-refractivity contribution >= 4 is 31.6 Å². The zero-order valence-corrected chi connectivity index (χ0v) is 21.1. The fourth-order valence-electron chi connectivity index (χ4n) is 2.09. The zero-order valence-electron chi connectivity index (χ0n) is 17.9. The van der Waals surface area contributed by atoms with Gasteiger partial charge in [-0.2, -0.15) is 0 Å². The van der Waals surface area contributed by atoms with Crippen LogP contribution in [0.1, 0.15) is 27.2 Å². The van der Waals surface area contributed by atoms with E-state index in [1.54, 1.807) is 13.8 Å². The average molecular weight is 423 g/mol. The highest BCUT2D eigenvalue weighted by Gasteiger charge is 2.42. The van der Waals surface area contributed by atoms with Crippen LogP contribution in [0.2, 0.25) is 39.3 Å². The second kappa shape index (κ2) is 10.9. The molecule has 3 atom stereocenters. The maximum Gasteiger partial charge on any atom is 0.323 e. The summed E-state index contributed by atoms with van der Waals surface area (Å²) in [7, 11) is -6.36. The number of rotatable bonds is 12. The average Bonchev–Trinajstić information content (AvgIpc) is 2.42. The number of carbonyl (C=O) groups excluding carboxylic acids is 1. The molecule has 0 heterocycles. The molecular weight excluding hydrogens is 384 g/mol. The topological polar surface area (TPSA) is 74.2 Å². The molecule has 0 aliphatic heterocycles. The summed E-state index contributed by atoms with van der Waals surface area (Å²) in [5.41, 5.74) is 0.0261. The molecule has 0 aliphatic rings. The number of aliphatic hydroxyl groups is 1. The van der Waals surface area contributed by atoms with Gasteiger partial charge in [-0.25, -0.2) is 4.79 Å². The van der Waals surface area contributed by atoms with Gasteiger partial charge in [0, 0.05) is 5.57 Å². The predicted molar refractivity (Wildman–Crippen MR) is 112 cm³/mol. The number of hydrogen-bond donors (Lipinski definition) is 1. The highest BCUT2D eigenvalue weighted by Crippen LogP contribution is 2.22. The standard InChI is InChI=1S/C17H38O6Si3/c1-11-15(20-12-14(4)18)24(21-16(19)13(2)3)17(22-25(5,6)7)23-26(8,9)10/h14-15,17-18,24H,2,11-12H2,1,3-10H3. The molecule has 0 aliphatic carbocycles. The minimum absolute atomic E-state index is 0.180. The smallest absolute Gasteiger partial charge is 0.323 e. The summed E-state index contributed by atoms with van der Waals surface area (Å²) in [6.07, 6.45) is 0.0538. The Kier molecular flexibility index (Phi) is 10.8. The van der Waals surface area contributed by atoms with Gasteiger partial charge in [-0.3, -0.25) is 0 Å². The van der Waals surface area contributed by atoms with Crippen molar-refractivity contribution in [3.63, 3.8) is 0 Å². The first kappa shape index (κ1) is 25.7. The van der Waals surface area contributed by atoms with Crippen LogP contribution >= 0.6 is 0 Å². The summed E-state index contributed by atoms with van der Waals surface area (Å²) in [4.78, 5) is 12.3. The molecule has 0 radical (unpaired) electrons. The number of aliphatic hydroxyl groups excluding tert-OH is 1. The Morgan fingerprint density at radius 3 is 1.88 bits per heavy atom. The SMILES string of the molecule is C=C(C)C(=O)O[SiH](C(CC)OCC(C)O)C(O[Si](C)(C)C)O[Si](C)(C)C. The van der Waals surface area contributed by atoms with Crippen molar-refractivity contribution in [1.82, 2.24) is 0 Å². The number of hydrogen-bond acceptors (Lipinski definition) is 6. The first-order valence-corrected chi connectivity index (χ1v) is 17.8. The molecule has 3 unspecified atom stereocenters. The fourth-order valence-corrected chi connectivity index (χ4v) is 9.03. The second-order valence-corrected chi connectivity index (χ2v) is 20.0. The van der Waals surface area contributed by atoms with Crippen molar-refractivity contribution in [3.8, 4) is 0 Å². The van der Waals surface area contributed by atoms with Crippen LogP contribution in [0.15, 0.2) is 12.2 Å². The third kappa shape index (κ3) is 11.4. The minimum Gasteiger partial charge on any atom is -0.511 e. The molecule has 0 aromatic carbocycles. The molecule has 0 saturated heterocycles. The van der Waals surface area contributed by atoms with Gasteiger partial charge < -0.3 is 23.1 Å². The van der Waals surface area contributed by atoms with E-state index in [1.165, 1.54) is 0 Å². The van der Waals surface area contributed by atoms with Crippen molar-refractivity contribution in [3.05, 3.63) is 12.2 Å². The van der Waals surface area contributed by atoms with Crippen molar-refractivity contribution in [2.75, 3.05) is 6.61 Å². The summed E-state index contributed by atoms with van der Waals surface area (Å²) < 4.78 is 24.3. The van der Waals surface area contributed by atoms with E-state index in [2.05, 4.69) is 45.9 Å². The summed E-state index contributed by atoms with van der Waals surface area (Å²) in [5, 5.41) is 9.58. The van der Waals surface area contributed by atoms with Crippen molar-refractivity contribution in [1.29, 1.82) is 0 Å². The minimum atomic E-state index is -2.45. The lowest BCUT2D eigenvalue weighted by Gasteiger charge is -2.37. The number of carbonyl (C=O) groups is 1. The Balaban J connectivity index is 5.73. The van der Waals surface area contributed by atoms with Crippen LogP contribution < -0.4 is 0 Å². The highest BCUT2D eigenvalue weighted by molar-refractivity contribution is 6.72. The van der Waals surface area contributed by atoms with E-state index in [9.17, 15) is 9.90 Å². The fraction of sp³-hybridized carbons (Fsp3) is 0.824. The highest BCUT2D eigenvalue weighted by atomic mass is 28.4. The van der Waals surface area contributed by atoms with Gasteiger partial charge in [0.05, 0.1) is 18.4 Å². The third-order valence-electron chi connectivity index (χ3n) is 3.12. The van der Waals surface area contributed by atoms with Gasteiger partial charge in [-0.05, 0) is 59.6 Å². The summed E-state index contributed by atoms with van der Waals surface area (Å²) in [6.45, 7) is 21.6. The summed E-state index contributed by atoms with van der Waals surface area (Å²) in [5.74, 6) is -1.01. The van der Waals surface area contributed by atoms with E-state index in [1.807, 2.05) is 6.92 Å². The van der Waals surface area contributed by atoms with Crippen molar-refractivity contribution < 1.29 is 27.9 Å². The Labute approximate surface area is 162 Å². The quantitative estimate of drug-likeness (QED) is 0.296. The lowest BCUT2D eigenvalue weighted by molar-refractivity contribution is -0.132. The monoisotopic (exact) mass is 422 g/mol. The van der Waals surface area contributed by atoms with Gasteiger partial charge in [0.2, 0.25) is 0 Å². The lowest BCUT2D eigenvalue weighted by Crippen LogP contribution is -2.56. The molecule has 9 heteroatoms. The Bertz CT molecular complexity index is 440. The molecule has 0 aromatic heterocycles. The maximum atomic E-state index is 12.3. The molecule has 0 fully saturated rings. The van der Waals surface area contributed by atoms with Crippen LogP contribution in [-0.4, -0.2) is 61.1 Å². The van der Waals surface area contributed by atoms with Gasteiger partial charge in [-0.15, -0.1) is 0 Å². The van der Waals surface area contributed by atoms with Gasteiger partial charge in [0.1, 0.15) is 0 Å². The van der Waals surface area contributed by atoms with E-state index in [0.717, 1.165) is 0 Å². The van der Waals surface area contributed by atoms with Crippen LogP contribution in [-0.2, 0) is 22.8 Å². The number of ether oxygens (including phenoxy) is 1. The molecule has 0 amide bonds. The van der Waals surface area contributed by atoms with Crippen LogP contribution in [0, 0.1) is 0 Å². The summed E-state index contributed by atoms with van der Waals surface area (Å²) in [6, 6.07) is 0. The molecule has 26 heavy (non-hydrogen) atoms. The predicted octanol–water partition coefficient (Wildman–Crippen LogP) is 3.11. The Hall–Kier alpha value is -0.299. The normalized spacial score (nSPS) is 16.3. The molecule has 1 N–H and O–H groups in total. The lowest BCUT2D eigenvalue weighted by atomic mass is 10.4. The van der Waals surface area contributed by atoms with E-state index >= 15 is 0 Å². The summed E-state index contributed by atoms with van der Waals surface area (Å²) >= 11 is 0. The van der Waals surface area contributed by atoms with E-state index < -0.39 is 43.7 Å². The van der Waals surface area contributed by atoms with Gasteiger partial charge in [0.25, 0.3) is 0 Å². The molecule has 0 bridgehead atoms. The molecule has 0 aromatic rings. The van der Waals surface area contributed by atoms with Crippen LogP contribution in [0.4, 0.5) is 0 Å². The molecule has 6 nitrogen and oxygen atoms in total. The van der Waals surface area contributed by atoms with Crippen molar-refractivity contribution in [2.24, 2.45) is 0 Å². The van der Waals surface area contributed by atoms with E-state index in [-0.39, 0.29) is 12.3 Å². The van der Waals surface area contributed by atoms with Gasteiger partial charge in [-0.1, -0.05) is 13.5 Å². The largest absolute Gasteiger partial charge is 0.511 e. The van der Waals surface area contributed by atoms with Crippen molar-refractivity contribution in [2.45, 2.75) is 84.2 Å². The van der Waals surface area contributed by atoms with Crippen LogP contribution in [0.5, 0.6) is 0 Å². The maximum absolute atomic E-state index is 12.3. The van der Waals surface area contributed by atoms with Gasteiger partial charge >= 0.3 is 15.0 Å². The first-order chi connectivity index (χ1) is 11.7. The molecular formula is C17H38O6Si3. The Morgan fingerprint density at radius 2 is 1.58 bits per heavy atom. The molecule has 154 valence electrons. The van der Waals surface area contributed by atoms with Gasteiger partial charge in [0.15, 0.2) is 22.5 Å². The van der Waals surface area contributed by atoms with Crippen LogP contribution in [0.3, 0.4) is 0 Å². The molecule has 0 saturated carbocycles. The van der Waals surface area contributed by atoms with Crippen LogP contribution in [0.25, 0.3) is 0 Å². The van der Waals surface area contributed by atoms with E-state index in [0.29, 0.717) is 12.0 Å². The first-order valence-electron chi connectivity index (χ1n) is 9.18. The molecule has 0 spiro atoms. The molecule has 0 rings (SSSR count). The Morgan fingerprint density at radius 1 is 1.12 bits per heavy atom. The second-order valence-electron chi connectivity index (χ2n) is 8.61. The van der Waals surface area contributed by atoms with E-state index in [4.69, 9.17) is 18.0 Å². The third-order valence-corrected chi connectivity index (χ3v) is 8.23.